The Hall–Kier alpha value is -2.59. The van der Waals surface area contributed by atoms with Crippen molar-refractivity contribution in [2.75, 3.05) is 0 Å². The van der Waals surface area contributed by atoms with E-state index >= 15 is 0 Å². The van der Waals surface area contributed by atoms with Crippen LogP contribution in [0.2, 0.25) is 0 Å². The first-order valence-electron chi connectivity index (χ1n) is 12.8. The molecule has 0 saturated heterocycles. The van der Waals surface area contributed by atoms with E-state index in [0.29, 0.717) is 4.70 Å². The van der Waals surface area contributed by atoms with Gasteiger partial charge < -0.3 is 10.1 Å². The maximum atomic E-state index is 12.6. The van der Waals surface area contributed by atoms with Crippen molar-refractivity contribution in [1.82, 2.24) is 4.98 Å². The fraction of sp³-hybridized carbons (Fsp3) is 0.433. The Balaban J connectivity index is 1.82. The van der Waals surface area contributed by atoms with Crippen LogP contribution in [0.4, 0.5) is 0 Å². The topological polar surface area (TPSA) is 53.1 Å². The third-order valence-electron chi connectivity index (χ3n) is 8.21. The zero-order valence-corrected chi connectivity index (χ0v) is 21.9. The molecule has 4 aromatic rings. The maximum absolute atomic E-state index is 12.6. The molecule has 0 spiro atoms. The van der Waals surface area contributed by atoms with Gasteiger partial charge in [-0.2, -0.15) is 0 Å². The van der Waals surface area contributed by atoms with Gasteiger partial charge in [-0.1, -0.05) is 64.8 Å². The summed E-state index contributed by atoms with van der Waals surface area (Å²) in [6.07, 6.45) is 7.22. The average Bonchev–Trinajstić information content (AvgIpc) is 3.35. The van der Waals surface area contributed by atoms with Crippen LogP contribution in [0.1, 0.15) is 77.3 Å². The van der Waals surface area contributed by atoms with Crippen LogP contribution in [-0.2, 0) is 5.41 Å². The molecule has 0 bridgehead atoms. The number of aromatic nitrogens is 1. The fourth-order valence-corrected chi connectivity index (χ4v) is 6.49. The number of hydrogen-bond donors (Lipinski definition) is 2. The Morgan fingerprint density at radius 2 is 1.71 bits per heavy atom. The fourth-order valence-electron chi connectivity index (χ4n) is 5.70. The normalized spacial score (nSPS) is 12.3. The lowest BCUT2D eigenvalue weighted by molar-refractivity contribution is 0.311. The lowest BCUT2D eigenvalue weighted by Crippen LogP contribution is -2.25. The highest BCUT2D eigenvalue weighted by atomic mass is 32.1. The van der Waals surface area contributed by atoms with E-state index in [0.717, 1.165) is 51.7 Å². The molecule has 2 N–H and O–H groups in total. The first-order chi connectivity index (χ1) is 16.4. The minimum atomic E-state index is -0.0688. The zero-order chi connectivity index (χ0) is 24.5. The summed E-state index contributed by atoms with van der Waals surface area (Å²) in [4.78, 5) is 15.7. The Morgan fingerprint density at radius 1 is 1.03 bits per heavy atom. The second kappa shape index (κ2) is 9.95. The SMILES string of the molecule is CCC(CC)CCC(CC)(CC)c1ccc(-c2c(O)cc(C)c3[nH]c(=O)c4sccc4c23)cc1. The first kappa shape index (κ1) is 24.5. The summed E-state index contributed by atoms with van der Waals surface area (Å²) in [5, 5.41) is 14.8. The number of H-pyrrole nitrogens is 1. The third-order valence-corrected chi connectivity index (χ3v) is 9.12. The van der Waals surface area contributed by atoms with E-state index in [1.807, 2.05) is 18.4 Å². The standard InChI is InChI=1S/C30H37NO2S/c1-6-20(7-2)14-16-30(8-3,9-4)22-12-10-21(11-13-22)25-24(32)18-19(5)27-26(25)23-15-17-34-28(23)29(33)31-27/h10-13,15,17-18,20,32H,6-9,14,16H2,1-5H3,(H,31,33). The molecule has 2 aromatic heterocycles. The molecule has 2 aromatic carbocycles. The van der Waals surface area contributed by atoms with Crippen LogP contribution in [0.25, 0.3) is 32.1 Å². The summed E-state index contributed by atoms with van der Waals surface area (Å²) >= 11 is 1.44. The molecule has 0 radical (unpaired) electrons. The van der Waals surface area contributed by atoms with Gasteiger partial charge in [0.25, 0.3) is 5.56 Å². The molecule has 0 amide bonds. The van der Waals surface area contributed by atoms with Crippen molar-refractivity contribution >= 4 is 32.3 Å². The number of rotatable bonds is 9. The summed E-state index contributed by atoms with van der Waals surface area (Å²) in [6, 6.07) is 12.6. The van der Waals surface area contributed by atoms with Crippen LogP contribution >= 0.6 is 11.3 Å². The van der Waals surface area contributed by atoms with Gasteiger partial charge in [0.15, 0.2) is 0 Å². The lowest BCUT2D eigenvalue weighted by atomic mass is 9.71. The van der Waals surface area contributed by atoms with Gasteiger partial charge in [-0.15, -0.1) is 11.3 Å². The van der Waals surface area contributed by atoms with Crippen LogP contribution in [0, 0.1) is 12.8 Å². The highest BCUT2D eigenvalue weighted by Crippen LogP contribution is 2.43. The molecule has 3 nitrogen and oxygen atoms in total. The highest BCUT2D eigenvalue weighted by molar-refractivity contribution is 7.17. The number of thiophene rings is 1. The molecular formula is C30H37NO2S. The second-order valence-electron chi connectivity index (χ2n) is 9.74. The van der Waals surface area contributed by atoms with Crippen LogP contribution in [0.5, 0.6) is 5.75 Å². The van der Waals surface area contributed by atoms with E-state index in [9.17, 15) is 9.90 Å². The van der Waals surface area contributed by atoms with E-state index < -0.39 is 0 Å². The molecule has 0 fully saturated rings. The van der Waals surface area contributed by atoms with Crippen LogP contribution in [0.3, 0.4) is 0 Å². The lowest BCUT2D eigenvalue weighted by Gasteiger charge is -2.34. The number of pyridine rings is 1. The third kappa shape index (κ3) is 4.17. The summed E-state index contributed by atoms with van der Waals surface area (Å²) in [6.45, 7) is 11.2. The van der Waals surface area contributed by atoms with Crippen molar-refractivity contribution in [1.29, 1.82) is 0 Å². The molecule has 0 unspecified atom stereocenters. The Bertz CT molecular complexity index is 1340. The molecule has 4 rings (SSSR count). The second-order valence-corrected chi connectivity index (χ2v) is 10.7. The van der Waals surface area contributed by atoms with Crippen molar-refractivity contribution in [2.24, 2.45) is 5.92 Å². The van der Waals surface area contributed by atoms with Crippen LogP contribution in [-0.4, -0.2) is 10.1 Å². The number of benzene rings is 2. The summed E-state index contributed by atoms with van der Waals surface area (Å²) in [7, 11) is 0. The molecule has 0 atom stereocenters. The molecule has 2 heterocycles. The van der Waals surface area contributed by atoms with Crippen LogP contribution in [0.15, 0.2) is 46.6 Å². The minimum absolute atomic E-state index is 0.0688. The Kier molecular flexibility index (Phi) is 7.18. The predicted molar refractivity (Wildman–Crippen MR) is 147 cm³/mol. The average molecular weight is 476 g/mol. The van der Waals surface area contributed by atoms with E-state index in [1.54, 1.807) is 6.07 Å². The number of nitrogens with one attached hydrogen (secondary N) is 1. The number of fused-ring (bicyclic) bond motifs is 3. The first-order valence-corrected chi connectivity index (χ1v) is 13.6. The number of hydrogen-bond acceptors (Lipinski definition) is 3. The Morgan fingerprint density at radius 3 is 2.32 bits per heavy atom. The van der Waals surface area contributed by atoms with Crippen molar-refractivity contribution in [3.63, 3.8) is 0 Å². The predicted octanol–water partition coefficient (Wildman–Crippen LogP) is 8.70. The molecule has 0 aliphatic rings. The molecule has 180 valence electrons. The monoisotopic (exact) mass is 475 g/mol. The van der Waals surface area contributed by atoms with Gasteiger partial charge in [0, 0.05) is 16.3 Å². The quantitative estimate of drug-likeness (QED) is 0.254. The van der Waals surface area contributed by atoms with Crippen molar-refractivity contribution in [2.45, 2.75) is 78.6 Å². The summed E-state index contributed by atoms with van der Waals surface area (Å²) < 4.78 is 0.702. The molecule has 34 heavy (non-hydrogen) atoms. The van der Waals surface area contributed by atoms with Gasteiger partial charge in [-0.05, 0) is 78.1 Å². The zero-order valence-electron chi connectivity index (χ0n) is 21.1. The Labute approximate surface area is 206 Å². The number of phenols is 1. The van der Waals surface area contributed by atoms with Crippen molar-refractivity contribution < 1.29 is 5.11 Å². The number of aromatic hydroxyl groups is 1. The van der Waals surface area contributed by atoms with Gasteiger partial charge in [0.1, 0.15) is 10.4 Å². The molecule has 0 aliphatic heterocycles. The van der Waals surface area contributed by atoms with E-state index in [4.69, 9.17) is 0 Å². The van der Waals surface area contributed by atoms with Gasteiger partial charge >= 0.3 is 0 Å². The number of aryl methyl sites for hydroxylation is 1. The van der Waals surface area contributed by atoms with Crippen LogP contribution < -0.4 is 5.56 Å². The maximum Gasteiger partial charge on any atom is 0.266 e. The summed E-state index contributed by atoms with van der Waals surface area (Å²) in [5.74, 6) is 1.05. The highest BCUT2D eigenvalue weighted by Gasteiger charge is 2.29. The minimum Gasteiger partial charge on any atom is -0.507 e. The molecule has 0 saturated carbocycles. The van der Waals surface area contributed by atoms with Crippen molar-refractivity contribution in [3.8, 4) is 16.9 Å². The van der Waals surface area contributed by atoms with Gasteiger partial charge in [-0.25, -0.2) is 0 Å². The van der Waals surface area contributed by atoms with E-state index in [1.165, 1.54) is 42.6 Å². The van der Waals surface area contributed by atoms with Gasteiger partial charge in [0.05, 0.1) is 5.52 Å². The van der Waals surface area contributed by atoms with Gasteiger partial charge in [0.2, 0.25) is 0 Å². The smallest absolute Gasteiger partial charge is 0.266 e. The molecule has 4 heteroatoms. The van der Waals surface area contributed by atoms with Crippen molar-refractivity contribution in [3.05, 3.63) is 63.3 Å². The van der Waals surface area contributed by atoms with E-state index in [-0.39, 0.29) is 16.7 Å². The van der Waals surface area contributed by atoms with E-state index in [2.05, 4.69) is 56.9 Å². The summed E-state index contributed by atoms with van der Waals surface area (Å²) in [5.41, 5.74) is 4.95. The molecule has 0 aliphatic carbocycles. The molecular weight excluding hydrogens is 438 g/mol. The largest absolute Gasteiger partial charge is 0.507 e. The number of aromatic amines is 1. The van der Waals surface area contributed by atoms with Gasteiger partial charge in [-0.3, -0.25) is 4.79 Å². The number of phenolic OH excluding ortho intramolecular Hbond substituents is 1.